The summed E-state index contributed by atoms with van der Waals surface area (Å²) >= 11 is 0. The van der Waals surface area contributed by atoms with Crippen LogP contribution in [0.25, 0.3) is 0 Å². The molecule has 1 amide bonds. The summed E-state index contributed by atoms with van der Waals surface area (Å²) in [5.74, 6) is 0.236. The number of carbonyl (C=O) groups excluding carboxylic acids is 1. The maximum absolute atomic E-state index is 12.2. The fraction of sp³-hybridized carbons (Fsp3) is 0.588. The van der Waals surface area contributed by atoms with Gasteiger partial charge < -0.3 is 15.7 Å². The third-order valence-electron chi connectivity index (χ3n) is 4.48. The Hall–Kier alpha value is -1.10. The molecule has 0 aromatic heterocycles. The van der Waals surface area contributed by atoms with Gasteiger partial charge in [0.15, 0.2) is 0 Å². The summed E-state index contributed by atoms with van der Waals surface area (Å²) < 4.78 is 0. The van der Waals surface area contributed by atoms with Crippen molar-refractivity contribution in [3.8, 4) is 0 Å². The van der Waals surface area contributed by atoms with Gasteiger partial charge in [-0.3, -0.25) is 4.79 Å². The molecule has 22 heavy (non-hydrogen) atoms. The molecule has 1 aliphatic rings. The van der Waals surface area contributed by atoms with Crippen LogP contribution in [0.15, 0.2) is 24.3 Å². The lowest BCUT2D eigenvalue weighted by Gasteiger charge is -2.26. The Bertz CT molecular complexity index is 477. The van der Waals surface area contributed by atoms with Crippen molar-refractivity contribution < 1.29 is 9.90 Å². The zero-order valence-electron chi connectivity index (χ0n) is 13.3. The summed E-state index contributed by atoms with van der Waals surface area (Å²) in [6, 6.07) is 8.00. The van der Waals surface area contributed by atoms with Crippen molar-refractivity contribution in [2.24, 2.45) is 5.92 Å². The summed E-state index contributed by atoms with van der Waals surface area (Å²) in [4.78, 5) is 12.2. The van der Waals surface area contributed by atoms with E-state index in [-0.39, 0.29) is 30.3 Å². The molecule has 4 nitrogen and oxygen atoms in total. The normalized spacial score (nSPS) is 18.3. The number of fused-ring (bicyclic) bond motifs is 1. The third-order valence-corrected chi connectivity index (χ3v) is 4.48. The molecule has 1 aromatic rings. The number of hydrogen-bond donors (Lipinski definition) is 3. The van der Waals surface area contributed by atoms with Crippen molar-refractivity contribution in [2.45, 2.75) is 51.8 Å². The van der Waals surface area contributed by atoms with Crippen molar-refractivity contribution in [1.82, 2.24) is 10.6 Å². The van der Waals surface area contributed by atoms with E-state index in [1.807, 2.05) is 12.1 Å². The highest BCUT2D eigenvalue weighted by molar-refractivity contribution is 5.85. The average Bonchev–Trinajstić information content (AvgIpc) is 2.53. The number of carbonyl (C=O) groups is 1. The first-order valence-corrected chi connectivity index (χ1v) is 7.91. The second-order valence-corrected chi connectivity index (χ2v) is 5.80. The van der Waals surface area contributed by atoms with E-state index in [0.29, 0.717) is 13.0 Å². The predicted molar refractivity (Wildman–Crippen MR) is 91.1 cm³/mol. The molecule has 1 heterocycles. The number of rotatable bonds is 6. The molecule has 2 rings (SSSR count). The van der Waals surface area contributed by atoms with Crippen molar-refractivity contribution in [2.75, 3.05) is 6.54 Å². The van der Waals surface area contributed by atoms with Crippen LogP contribution in [0.3, 0.4) is 0 Å². The molecule has 1 aliphatic heterocycles. The van der Waals surface area contributed by atoms with Crippen LogP contribution < -0.4 is 10.6 Å². The highest BCUT2D eigenvalue weighted by atomic mass is 35.5. The Morgan fingerprint density at radius 2 is 1.95 bits per heavy atom. The molecule has 3 N–H and O–H groups in total. The molecule has 0 aliphatic carbocycles. The van der Waals surface area contributed by atoms with E-state index in [1.165, 1.54) is 11.1 Å². The first-order valence-electron chi connectivity index (χ1n) is 7.91. The van der Waals surface area contributed by atoms with Crippen molar-refractivity contribution >= 4 is 18.3 Å². The molecule has 5 heteroatoms. The van der Waals surface area contributed by atoms with Crippen LogP contribution in [0.4, 0.5) is 0 Å². The van der Waals surface area contributed by atoms with E-state index in [1.54, 1.807) is 0 Å². The van der Waals surface area contributed by atoms with Gasteiger partial charge in [0.2, 0.25) is 5.91 Å². The summed E-state index contributed by atoms with van der Waals surface area (Å²) in [5, 5.41) is 16.2. The van der Waals surface area contributed by atoms with E-state index in [2.05, 4.69) is 36.6 Å². The van der Waals surface area contributed by atoms with E-state index < -0.39 is 6.10 Å². The number of aliphatic hydroxyl groups is 1. The SMILES string of the molecule is CCC(CC)C(O)CNC(=O)C1Cc2ccccc2CN1.Cl. The van der Waals surface area contributed by atoms with Gasteiger partial charge in [-0.15, -0.1) is 12.4 Å². The Labute approximate surface area is 139 Å². The minimum absolute atomic E-state index is 0. The average molecular weight is 327 g/mol. The standard InChI is InChI=1S/C17H26N2O2.ClH/c1-3-12(4-2)16(20)11-19-17(21)15-9-13-7-5-6-8-14(13)10-18-15;/h5-8,12,15-16,18,20H,3-4,9-11H2,1-2H3,(H,19,21);1H. The molecule has 0 spiro atoms. The van der Waals surface area contributed by atoms with Gasteiger partial charge in [0, 0.05) is 13.1 Å². The monoisotopic (exact) mass is 326 g/mol. The van der Waals surface area contributed by atoms with Crippen LogP contribution in [0.2, 0.25) is 0 Å². The maximum atomic E-state index is 12.2. The molecule has 124 valence electrons. The van der Waals surface area contributed by atoms with Crippen LogP contribution >= 0.6 is 12.4 Å². The number of amides is 1. The van der Waals surface area contributed by atoms with Gasteiger partial charge in [-0.25, -0.2) is 0 Å². The lowest BCUT2D eigenvalue weighted by atomic mass is 9.94. The first kappa shape index (κ1) is 18.9. The van der Waals surface area contributed by atoms with Crippen LogP contribution in [0.5, 0.6) is 0 Å². The second-order valence-electron chi connectivity index (χ2n) is 5.80. The minimum Gasteiger partial charge on any atom is -0.391 e. The molecule has 2 unspecified atom stereocenters. The van der Waals surface area contributed by atoms with Crippen molar-refractivity contribution in [1.29, 1.82) is 0 Å². The Morgan fingerprint density at radius 3 is 2.59 bits per heavy atom. The van der Waals surface area contributed by atoms with Crippen LogP contribution in [0.1, 0.15) is 37.8 Å². The summed E-state index contributed by atoms with van der Waals surface area (Å²) in [7, 11) is 0. The van der Waals surface area contributed by atoms with Crippen LogP contribution in [0, 0.1) is 5.92 Å². The Balaban J connectivity index is 0.00000242. The molecular weight excluding hydrogens is 300 g/mol. The second kappa shape index (κ2) is 9.13. The van der Waals surface area contributed by atoms with Gasteiger partial charge in [0.05, 0.1) is 12.1 Å². The smallest absolute Gasteiger partial charge is 0.237 e. The third kappa shape index (κ3) is 4.70. The molecule has 1 aromatic carbocycles. The van der Waals surface area contributed by atoms with Gasteiger partial charge >= 0.3 is 0 Å². The fourth-order valence-corrected chi connectivity index (χ4v) is 2.97. The molecule has 2 atom stereocenters. The van der Waals surface area contributed by atoms with E-state index in [9.17, 15) is 9.90 Å². The number of aliphatic hydroxyl groups excluding tert-OH is 1. The zero-order chi connectivity index (χ0) is 15.2. The highest BCUT2D eigenvalue weighted by Gasteiger charge is 2.24. The Morgan fingerprint density at radius 1 is 1.32 bits per heavy atom. The molecule has 0 saturated heterocycles. The maximum Gasteiger partial charge on any atom is 0.237 e. The molecular formula is C17H27ClN2O2. The number of halogens is 1. The molecule has 0 saturated carbocycles. The fourth-order valence-electron chi connectivity index (χ4n) is 2.97. The zero-order valence-corrected chi connectivity index (χ0v) is 14.2. The van der Waals surface area contributed by atoms with E-state index in [0.717, 1.165) is 19.4 Å². The largest absolute Gasteiger partial charge is 0.391 e. The van der Waals surface area contributed by atoms with Gasteiger partial charge in [-0.1, -0.05) is 51.0 Å². The number of nitrogens with one attached hydrogen (secondary N) is 2. The van der Waals surface area contributed by atoms with Crippen molar-refractivity contribution in [3.63, 3.8) is 0 Å². The molecule has 0 radical (unpaired) electrons. The lowest BCUT2D eigenvalue weighted by Crippen LogP contribution is -2.49. The van der Waals surface area contributed by atoms with Crippen molar-refractivity contribution in [3.05, 3.63) is 35.4 Å². The topological polar surface area (TPSA) is 61.4 Å². The molecule has 0 bridgehead atoms. The van der Waals surface area contributed by atoms with Gasteiger partial charge in [0.1, 0.15) is 0 Å². The summed E-state index contributed by atoms with van der Waals surface area (Å²) in [6.45, 7) is 5.20. The quantitative estimate of drug-likeness (QED) is 0.749. The lowest BCUT2D eigenvalue weighted by molar-refractivity contribution is -0.124. The Kier molecular flexibility index (Phi) is 7.87. The summed E-state index contributed by atoms with van der Waals surface area (Å²) in [5.41, 5.74) is 2.50. The van der Waals surface area contributed by atoms with Gasteiger partial charge in [-0.05, 0) is 23.5 Å². The van der Waals surface area contributed by atoms with Crippen LogP contribution in [-0.2, 0) is 17.8 Å². The predicted octanol–water partition coefficient (Wildman–Crippen LogP) is 2.04. The van der Waals surface area contributed by atoms with Gasteiger partial charge in [0.25, 0.3) is 0 Å². The van der Waals surface area contributed by atoms with E-state index in [4.69, 9.17) is 0 Å². The minimum atomic E-state index is -0.458. The number of hydrogen-bond acceptors (Lipinski definition) is 3. The number of benzene rings is 1. The molecule has 0 fully saturated rings. The first-order chi connectivity index (χ1) is 10.2. The summed E-state index contributed by atoms with van der Waals surface area (Å²) in [6.07, 6.45) is 2.12. The van der Waals surface area contributed by atoms with Crippen LogP contribution in [-0.4, -0.2) is 29.7 Å². The van der Waals surface area contributed by atoms with Gasteiger partial charge in [-0.2, -0.15) is 0 Å². The highest BCUT2D eigenvalue weighted by Crippen LogP contribution is 2.16. The van der Waals surface area contributed by atoms with E-state index >= 15 is 0 Å².